The standard InChI is InChI=1S/C10H9ClN2/c11-9-3-4-13-10-2-1-7(6-12)5-8(9)10/h1-5H,6,12H2. The average Bonchev–Trinajstić information content (AvgIpc) is 2.18. The molecule has 0 radical (unpaired) electrons. The van der Waals surface area contributed by atoms with E-state index >= 15 is 0 Å². The molecule has 66 valence electrons. The summed E-state index contributed by atoms with van der Waals surface area (Å²) in [5, 5.41) is 1.69. The zero-order valence-corrected chi connectivity index (χ0v) is 7.75. The van der Waals surface area contributed by atoms with Crippen LogP contribution < -0.4 is 5.73 Å². The molecule has 1 heterocycles. The van der Waals surface area contributed by atoms with E-state index < -0.39 is 0 Å². The summed E-state index contributed by atoms with van der Waals surface area (Å²) in [5.74, 6) is 0. The fourth-order valence-corrected chi connectivity index (χ4v) is 1.49. The predicted octanol–water partition coefficient (Wildman–Crippen LogP) is 2.35. The molecule has 0 fully saturated rings. The van der Waals surface area contributed by atoms with Gasteiger partial charge in [-0.1, -0.05) is 17.7 Å². The summed E-state index contributed by atoms with van der Waals surface area (Å²) >= 11 is 6.01. The normalized spacial score (nSPS) is 10.6. The number of fused-ring (bicyclic) bond motifs is 1. The molecule has 0 bridgehead atoms. The number of pyridine rings is 1. The largest absolute Gasteiger partial charge is 0.326 e. The van der Waals surface area contributed by atoms with E-state index in [2.05, 4.69) is 4.98 Å². The first kappa shape index (κ1) is 8.48. The van der Waals surface area contributed by atoms with Crippen LogP contribution in [0.3, 0.4) is 0 Å². The minimum absolute atomic E-state index is 0.529. The Morgan fingerprint density at radius 2 is 2.15 bits per heavy atom. The van der Waals surface area contributed by atoms with Crippen molar-refractivity contribution in [1.82, 2.24) is 4.98 Å². The van der Waals surface area contributed by atoms with Gasteiger partial charge in [-0.25, -0.2) is 0 Å². The number of aromatic nitrogens is 1. The van der Waals surface area contributed by atoms with Crippen LogP contribution in [0, 0.1) is 0 Å². The van der Waals surface area contributed by atoms with Gasteiger partial charge in [0.2, 0.25) is 0 Å². The molecular formula is C10H9ClN2. The van der Waals surface area contributed by atoms with E-state index in [1.54, 1.807) is 12.3 Å². The number of hydrogen-bond acceptors (Lipinski definition) is 2. The summed E-state index contributed by atoms with van der Waals surface area (Å²) in [7, 11) is 0. The van der Waals surface area contributed by atoms with Crippen LogP contribution in [-0.2, 0) is 6.54 Å². The molecule has 2 aromatic rings. The van der Waals surface area contributed by atoms with E-state index in [-0.39, 0.29) is 0 Å². The second kappa shape index (κ2) is 3.32. The Balaban J connectivity index is 2.74. The summed E-state index contributed by atoms with van der Waals surface area (Å²) in [6.07, 6.45) is 1.70. The van der Waals surface area contributed by atoms with Gasteiger partial charge in [0.05, 0.1) is 10.5 Å². The topological polar surface area (TPSA) is 38.9 Å². The van der Waals surface area contributed by atoms with Crippen LogP contribution in [0.1, 0.15) is 5.56 Å². The Labute approximate surface area is 81.3 Å². The van der Waals surface area contributed by atoms with Crippen molar-refractivity contribution in [3.63, 3.8) is 0 Å². The highest BCUT2D eigenvalue weighted by atomic mass is 35.5. The lowest BCUT2D eigenvalue weighted by Crippen LogP contribution is -1.95. The molecule has 0 saturated heterocycles. The Morgan fingerprint density at radius 3 is 2.92 bits per heavy atom. The fraction of sp³-hybridized carbons (Fsp3) is 0.100. The van der Waals surface area contributed by atoms with Gasteiger partial charge in [0.25, 0.3) is 0 Å². The lowest BCUT2D eigenvalue weighted by atomic mass is 10.1. The molecule has 0 atom stereocenters. The number of rotatable bonds is 1. The van der Waals surface area contributed by atoms with Crippen LogP contribution in [0.25, 0.3) is 10.9 Å². The summed E-state index contributed by atoms with van der Waals surface area (Å²) in [6, 6.07) is 7.66. The zero-order valence-electron chi connectivity index (χ0n) is 7.00. The van der Waals surface area contributed by atoms with Gasteiger partial charge < -0.3 is 5.73 Å². The van der Waals surface area contributed by atoms with Gasteiger partial charge in [-0.15, -0.1) is 0 Å². The molecular weight excluding hydrogens is 184 g/mol. The lowest BCUT2D eigenvalue weighted by molar-refractivity contribution is 1.07. The van der Waals surface area contributed by atoms with Crippen LogP contribution in [-0.4, -0.2) is 4.98 Å². The summed E-state index contributed by atoms with van der Waals surface area (Å²) in [4.78, 5) is 4.19. The number of nitrogens with zero attached hydrogens (tertiary/aromatic N) is 1. The van der Waals surface area contributed by atoms with Crippen molar-refractivity contribution in [2.75, 3.05) is 0 Å². The molecule has 0 spiro atoms. The number of hydrogen-bond donors (Lipinski definition) is 1. The highest BCUT2D eigenvalue weighted by Gasteiger charge is 1.99. The Kier molecular flexibility index (Phi) is 2.17. The lowest BCUT2D eigenvalue weighted by Gasteiger charge is -2.01. The average molecular weight is 193 g/mol. The summed E-state index contributed by atoms with van der Waals surface area (Å²) in [5.41, 5.74) is 7.51. The minimum Gasteiger partial charge on any atom is -0.326 e. The van der Waals surface area contributed by atoms with E-state index in [0.717, 1.165) is 21.5 Å². The third-order valence-corrected chi connectivity index (χ3v) is 2.32. The third-order valence-electron chi connectivity index (χ3n) is 1.99. The van der Waals surface area contributed by atoms with Crippen molar-refractivity contribution in [1.29, 1.82) is 0 Å². The number of nitrogens with two attached hydrogens (primary N) is 1. The highest BCUT2D eigenvalue weighted by Crippen LogP contribution is 2.22. The molecule has 0 unspecified atom stereocenters. The first-order chi connectivity index (χ1) is 6.31. The zero-order chi connectivity index (χ0) is 9.26. The molecule has 13 heavy (non-hydrogen) atoms. The van der Waals surface area contributed by atoms with Crippen molar-refractivity contribution in [3.8, 4) is 0 Å². The van der Waals surface area contributed by atoms with Crippen molar-refractivity contribution < 1.29 is 0 Å². The van der Waals surface area contributed by atoms with Gasteiger partial charge >= 0.3 is 0 Å². The van der Waals surface area contributed by atoms with E-state index in [1.165, 1.54) is 0 Å². The van der Waals surface area contributed by atoms with E-state index in [4.69, 9.17) is 17.3 Å². The van der Waals surface area contributed by atoms with Crippen LogP contribution in [0.2, 0.25) is 5.02 Å². The maximum Gasteiger partial charge on any atom is 0.0717 e. The van der Waals surface area contributed by atoms with Crippen molar-refractivity contribution in [2.45, 2.75) is 6.54 Å². The van der Waals surface area contributed by atoms with Crippen LogP contribution in [0.5, 0.6) is 0 Å². The molecule has 1 aromatic heterocycles. The van der Waals surface area contributed by atoms with Gasteiger partial charge in [0, 0.05) is 18.1 Å². The predicted molar refractivity (Wildman–Crippen MR) is 54.6 cm³/mol. The number of benzene rings is 1. The highest BCUT2D eigenvalue weighted by molar-refractivity contribution is 6.35. The Bertz CT molecular complexity index is 440. The molecule has 2 rings (SSSR count). The molecule has 3 heteroatoms. The van der Waals surface area contributed by atoms with Gasteiger partial charge in [0.1, 0.15) is 0 Å². The second-order valence-corrected chi connectivity index (χ2v) is 3.26. The first-order valence-corrected chi connectivity index (χ1v) is 4.42. The number of halogens is 1. The Hall–Kier alpha value is -1.12. The van der Waals surface area contributed by atoms with Crippen molar-refractivity contribution >= 4 is 22.5 Å². The molecule has 2 N–H and O–H groups in total. The fourth-order valence-electron chi connectivity index (χ4n) is 1.29. The molecule has 0 saturated carbocycles. The summed E-state index contributed by atoms with van der Waals surface area (Å²) < 4.78 is 0. The van der Waals surface area contributed by atoms with Gasteiger partial charge in [-0.05, 0) is 23.8 Å². The monoisotopic (exact) mass is 192 g/mol. The molecule has 0 amide bonds. The maximum absolute atomic E-state index is 6.01. The molecule has 0 aliphatic heterocycles. The van der Waals surface area contributed by atoms with Gasteiger partial charge in [-0.3, -0.25) is 4.98 Å². The van der Waals surface area contributed by atoms with Crippen molar-refractivity contribution in [3.05, 3.63) is 41.0 Å². The SMILES string of the molecule is NCc1ccc2nccc(Cl)c2c1. The van der Waals surface area contributed by atoms with Crippen LogP contribution in [0.15, 0.2) is 30.5 Å². The van der Waals surface area contributed by atoms with Gasteiger partial charge in [0.15, 0.2) is 0 Å². The third kappa shape index (κ3) is 1.50. The van der Waals surface area contributed by atoms with E-state index in [9.17, 15) is 0 Å². The van der Waals surface area contributed by atoms with Crippen LogP contribution >= 0.6 is 11.6 Å². The minimum atomic E-state index is 0.529. The molecule has 2 nitrogen and oxygen atoms in total. The smallest absolute Gasteiger partial charge is 0.0717 e. The van der Waals surface area contributed by atoms with E-state index in [1.807, 2.05) is 18.2 Å². The van der Waals surface area contributed by atoms with E-state index in [0.29, 0.717) is 6.54 Å². The molecule has 0 aliphatic rings. The van der Waals surface area contributed by atoms with Crippen LogP contribution in [0.4, 0.5) is 0 Å². The first-order valence-electron chi connectivity index (χ1n) is 4.04. The summed E-state index contributed by atoms with van der Waals surface area (Å²) in [6.45, 7) is 0.529. The van der Waals surface area contributed by atoms with Gasteiger partial charge in [-0.2, -0.15) is 0 Å². The molecule has 1 aromatic carbocycles. The Morgan fingerprint density at radius 1 is 1.31 bits per heavy atom. The van der Waals surface area contributed by atoms with Crippen molar-refractivity contribution in [2.24, 2.45) is 5.73 Å². The maximum atomic E-state index is 6.01. The quantitative estimate of drug-likeness (QED) is 0.754. The second-order valence-electron chi connectivity index (χ2n) is 2.85. The molecule has 0 aliphatic carbocycles.